The maximum absolute atomic E-state index is 12.8. The van der Waals surface area contributed by atoms with Gasteiger partial charge in [0.05, 0.1) is 6.61 Å². The molecule has 0 saturated carbocycles. The van der Waals surface area contributed by atoms with Gasteiger partial charge in [-0.1, -0.05) is 30.3 Å². The zero-order valence-electron chi connectivity index (χ0n) is 13.4. The molecule has 120 valence electrons. The molecule has 3 rings (SSSR count). The Hall–Kier alpha value is -1.39. The number of methoxy groups -OCH3 is 1. The van der Waals surface area contributed by atoms with Gasteiger partial charge in [0, 0.05) is 19.2 Å². The van der Waals surface area contributed by atoms with Gasteiger partial charge in [0.2, 0.25) is 0 Å². The van der Waals surface area contributed by atoms with E-state index in [9.17, 15) is 4.79 Å². The van der Waals surface area contributed by atoms with Crippen LogP contribution < -0.4 is 5.32 Å². The Morgan fingerprint density at radius 1 is 1.23 bits per heavy atom. The SMILES string of the molecule is COCC(C)(C(=O)OC1C[C@H]2CC[C@@H](C1)N2)c1ccccc1. The fraction of sp³-hybridized carbons (Fsp3) is 0.611. The van der Waals surface area contributed by atoms with Crippen molar-refractivity contribution in [2.24, 2.45) is 0 Å². The van der Waals surface area contributed by atoms with Crippen molar-refractivity contribution in [2.75, 3.05) is 13.7 Å². The van der Waals surface area contributed by atoms with Crippen LogP contribution in [0.4, 0.5) is 0 Å². The van der Waals surface area contributed by atoms with E-state index in [0.717, 1.165) is 18.4 Å². The van der Waals surface area contributed by atoms with Gasteiger partial charge in [-0.15, -0.1) is 0 Å². The number of esters is 1. The third kappa shape index (κ3) is 3.03. The second-order valence-corrected chi connectivity index (χ2v) is 6.77. The molecule has 4 heteroatoms. The number of rotatable bonds is 5. The number of benzene rings is 1. The molecule has 2 aliphatic rings. The monoisotopic (exact) mass is 303 g/mol. The summed E-state index contributed by atoms with van der Waals surface area (Å²) in [6, 6.07) is 10.8. The van der Waals surface area contributed by atoms with Crippen molar-refractivity contribution in [3.05, 3.63) is 35.9 Å². The molecule has 2 aliphatic heterocycles. The van der Waals surface area contributed by atoms with Crippen LogP contribution in [-0.2, 0) is 19.7 Å². The average Bonchev–Trinajstić information content (AvgIpc) is 2.87. The van der Waals surface area contributed by atoms with Crippen molar-refractivity contribution < 1.29 is 14.3 Å². The molecular formula is C18H25NO3. The number of fused-ring (bicyclic) bond motifs is 2. The predicted molar refractivity (Wildman–Crippen MR) is 84.7 cm³/mol. The second kappa shape index (κ2) is 6.39. The summed E-state index contributed by atoms with van der Waals surface area (Å²) >= 11 is 0. The fourth-order valence-corrected chi connectivity index (χ4v) is 3.74. The van der Waals surface area contributed by atoms with Crippen molar-refractivity contribution in [2.45, 2.75) is 56.2 Å². The maximum atomic E-state index is 12.8. The maximum Gasteiger partial charge on any atom is 0.318 e. The van der Waals surface area contributed by atoms with E-state index < -0.39 is 5.41 Å². The lowest BCUT2D eigenvalue weighted by atomic mass is 9.83. The first-order valence-corrected chi connectivity index (χ1v) is 8.13. The van der Waals surface area contributed by atoms with Crippen molar-refractivity contribution in [1.29, 1.82) is 0 Å². The molecule has 0 spiro atoms. The number of piperidine rings is 1. The van der Waals surface area contributed by atoms with Crippen molar-refractivity contribution in [3.8, 4) is 0 Å². The highest BCUT2D eigenvalue weighted by molar-refractivity contribution is 5.83. The van der Waals surface area contributed by atoms with Crippen molar-refractivity contribution >= 4 is 5.97 Å². The number of carbonyl (C=O) groups excluding carboxylic acids is 1. The average molecular weight is 303 g/mol. The Labute approximate surface area is 132 Å². The van der Waals surface area contributed by atoms with Gasteiger partial charge in [-0.2, -0.15) is 0 Å². The summed E-state index contributed by atoms with van der Waals surface area (Å²) in [6.07, 6.45) is 4.30. The third-order valence-corrected chi connectivity index (χ3v) is 5.00. The van der Waals surface area contributed by atoms with Crippen LogP contribution >= 0.6 is 0 Å². The summed E-state index contributed by atoms with van der Waals surface area (Å²) in [4.78, 5) is 12.8. The molecule has 1 aromatic rings. The molecule has 0 amide bonds. The number of nitrogens with one attached hydrogen (secondary N) is 1. The summed E-state index contributed by atoms with van der Waals surface area (Å²) in [6.45, 7) is 2.23. The topological polar surface area (TPSA) is 47.6 Å². The molecule has 2 saturated heterocycles. The lowest BCUT2D eigenvalue weighted by Crippen LogP contribution is -2.46. The van der Waals surface area contributed by atoms with Gasteiger partial charge in [0.15, 0.2) is 0 Å². The number of hydrogen-bond acceptors (Lipinski definition) is 4. The smallest absolute Gasteiger partial charge is 0.318 e. The van der Waals surface area contributed by atoms with E-state index >= 15 is 0 Å². The summed E-state index contributed by atoms with van der Waals surface area (Å²) in [5.74, 6) is -0.174. The van der Waals surface area contributed by atoms with Crippen LogP contribution in [0.5, 0.6) is 0 Å². The van der Waals surface area contributed by atoms with E-state index in [2.05, 4.69) is 5.32 Å². The summed E-state index contributed by atoms with van der Waals surface area (Å²) in [5.41, 5.74) is 0.193. The van der Waals surface area contributed by atoms with Gasteiger partial charge in [-0.3, -0.25) is 4.79 Å². The first kappa shape index (κ1) is 15.5. The molecule has 2 bridgehead atoms. The van der Waals surface area contributed by atoms with Gasteiger partial charge >= 0.3 is 5.97 Å². The third-order valence-electron chi connectivity index (χ3n) is 5.00. The van der Waals surface area contributed by atoms with Gasteiger partial charge in [0.25, 0.3) is 0 Å². The molecule has 2 unspecified atom stereocenters. The molecule has 2 fully saturated rings. The largest absolute Gasteiger partial charge is 0.462 e. The standard InChI is InChI=1S/C18H25NO3/c1-18(12-21-2,13-6-4-3-5-7-13)17(20)22-16-10-14-8-9-15(11-16)19-14/h3-7,14-16,19H,8-12H2,1-2H3/t14-,15+,16?,18?. The van der Waals surface area contributed by atoms with Crippen molar-refractivity contribution in [1.82, 2.24) is 5.32 Å². The Bertz CT molecular complexity index is 506. The van der Waals surface area contributed by atoms with Crippen LogP contribution in [0.1, 0.15) is 38.2 Å². The number of ether oxygens (including phenoxy) is 2. The van der Waals surface area contributed by atoms with Gasteiger partial charge in [-0.05, 0) is 38.2 Å². The van der Waals surface area contributed by atoms with E-state index in [1.807, 2.05) is 37.3 Å². The molecule has 4 nitrogen and oxygen atoms in total. The Balaban J connectivity index is 1.73. The summed E-state index contributed by atoms with van der Waals surface area (Å²) < 4.78 is 11.2. The Kier molecular flexibility index (Phi) is 4.50. The minimum Gasteiger partial charge on any atom is -0.462 e. The van der Waals surface area contributed by atoms with E-state index in [4.69, 9.17) is 9.47 Å². The first-order chi connectivity index (χ1) is 10.6. The summed E-state index contributed by atoms with van der Waals surface area (Å²) in [5, 5.41) is 3.57. The number of hydrogen-bond donors (Lipinski definition) is 1. The first-order valence-electron chi connectivity index (χ1n) is 8.13. The van der Waals surface area contributed by atoms with E-state index in [-0.39, 0.29) is 12.1 Å². The van der Waals surface area contributed by atoms with Crippen LogP contribution in [0.2, 0.25) is 0 Å². The van der Waals surface area contributed by atoms with Crippen LogP contribution in [-0.4, -0.2) is 37.9 Å². The molecule has 0 radical (unpaired) electrons. The lowest BCUT2D eigenvalue weighted by Gasteiger charge is -2.33. The molecule has 4 atom stereocenters. The predicted octanol–water partition coefficient (Wildman–Crippen LogP) is 2.42. The minimum atomic E-state index is -0.750. The van der Waals surface area contributed by atoms with Gasteiger partial charge < -0.3 is 14.8 Å². The van der Waals surface area contributed by atoms with Crippen LogP contribution in [0, 0.1) is 0 Å². The fourth-order valence-electron chi connectivity index (χ4n) is 3.74. The van der Waals surface area contributed by atoms with Gasteiger partial charge in [-0.25, -0.2) is 0 Å². The zero-order valence-corrected chi connectivity index (χ0v) is 13.4. The van der Waals surface area contributed by atoms with E-state index in [0.29, 0.717) is 18.7 Å². The molecule has 1 aromatic carbocycles. The van der Waals surface area contributed by atoms with Crippen molar-refractivity contribution in [3.63, 3.8) is 0 Å². The minimum absolute atomic E-state index is 0.0335. The van der Waals surface area contributed by atoms with Crippen LogP contribution in [0.25, 0.3) is 0 Å². The highest BCUT2D eigenvalue weighted by Gasteiger charge is 2.41. The molecule has 22 heavy (non-hydrogen) atoms. The molecule has 0 aliphatic carbocycles. The summed E-state index contributed by atoms with van der Waals surface area (Å²) in [7, 11) is 1.62. The second-order valence-electron chi connectivity index (χ2n) is 6.77. The van der Waals surface area contributed by atoms with Gasteiger partial charge in [0.1, 0.15) is 11.5 Å². The lowest BCUT2D eigenvalue weighted by molar-refractivity contribution is -0.159. The zero-order chi connectivity index (χ0) is 15.6. The number of carbonyl (C=O) groups is 1. The Morgan fingerprint density at radius 2 is 1.86 bits per heavy atom. The molecule has 0 aromatic heterocycles. The molecular weight excluding hydrogens is 278 g/mol. The molecule has 1 N–H and O–H groups in total. The van der Waals surface area contributed by atoms with Crippen LogP contribution in [0.3, 0.4) is 0 Å². The van der Waals surface area contributed by atoms with Crippen LogP contribution in [0.15, 0.2) is 30.3 Å². The highest BCUT2D eigenvalue weighted by Crippen LogP contribution is 2.32. The molecule has 2 heterocycles. The van der Waals surface area contributed by atoms with E-state index in [1.54, 1.807) is 7.11 Å². The highest BCUT2D eigenvalue weighted by atomic mass is 16.5. The quantitative estimate of drug-likeness (QED) is 0.849. The Morgan fingerprint density at radius 3 is 2.45 bits per heavy atom. The van der Waals surface area contributed by atoms with E-state index in [1.165, 1.54) is 12.8 Å². The normalized spacial score (nSPS) is 29.8.